The van der Waals surface area contributed by atoms with Gasteiger partial charge in [-0.3, -0.25) is 0 Å². The van der Waals surface area contributed by atoms with E-state index in [0.717, 1.165) is 27.8 Å². The number of hydrogen-bond acceptors (Lipinski definition) is 5. The zero-order valence-corrected chi connectivity index (χ0v) is 14.0. The molecule has 1 aromatic carbocycles. The SMILES string of the molecule is COc1ccc(C(NC(C)C)c2nc(C)cs2)cc1OC. The van der Waals surface area contributed by atoms with Crippen molar-refractivity contribution >= 4 is 11.3 Å². The number of aromatic nitrogens is 1. The van der Waals surface area contributed by atoms with Gasteiger partial charge in [0.2, 0.25) is 0 Å². The largest absolute Gasteiger partial charge is 0.493 e. The van der Waals surface area contributed by atoms with Crippen LogP contribution in [0.4, 0.5) is 0 Å². The zero-order chi connectivity index (χ0) is 15.4. The Bertz CT molecular complexity index is 596. The number of ether oxygens (including phenoxy) is 2. The summed E-state index contributed by atoms with van der Waals surface area (Å²) >= 11 is 1.67. The van der Waals surface area contributed by atoms with E-state index in [1.807, 2.05) is 19.1 Å². The quantitative estimate of drug-likeness (QED) is 0.886. The fraction of sp³-hybridized carbons (Fsp3) is 0.438. The Morgan fingerprint density at radius 1 is 1.14 bits per heavy atom. The van der Waals surface area contributed by atoms with Crippen LogP contribution in [0, 0.1) is 6.92 Å². The predicted octanol–water partition coefficient (Wildman–Crippen LogP) is 3.56. The Kier molecular flexibility index (Phi) is 5.20. The number of methoxy groups -OCH3 is 2. The number of nitrogens with zero attached hydrogens (tertiary/aromatic N) is 1. The van der Waals surface area contributed by atoms with E-state index in [1.54, 1.807) is 25.6 Å². The molecule has 114 valence electrons. The molecule has 0 bridgehead atoms. The normalized spacial score (nSPS) is 12.5. The molecule has 21 heavy (non-hydrogen) atoms. The second-order valence-corrected chi connectivity index (χ2v) is 6.09. The number of rotatable bonds is 6. The van der Waals surface area contributed by atoms with Crippen LogP contribution in [0.25, 0.3) is 0 Å². The molecule has 0 saturated heterocycles. The van der Waals surface area contributed by atoms with Crippen LogP contribution < -0.4 is 14.8 Å². The minimum atomic E-state index is 0.0588. The van der Waals surface area contributed by atoms with Gasteiger partial charge in [-0.25, -0.2) is 4.98 Å². The van der Waals surface area contributed by atoms with Crippen molar-refractivity contribution in [3.63, 3.8) is 0 Å². The van der Waals surface area contributed by atoms with E-state index < -0.39 is 0 Å². The number of aryl methyl sites for hydroxylation is 1. The smallest absolute Gasteiger partial charge is 0.161 e. The fourth-order valence-electron chi connectivity index (χ4n) is 2.18. The molecule has 1 aromatic heterocycles. The fourth-order valence-corrected chi connectivity index (χ4v) is 3.06. The summed E-state index contributed by atoms with van der Waals surface area (Å²) in [5, 5.41) is 6.70. The zero-order valence-electron chi connectivity index (χ0n) is 13.1. The lowest BCUT2D eigenvalue weighted by atomic mass is 10.1. The van der Waals surface area contributed by atoms with E-state index in [4.69, 9.17) is 9.47 Å². The first kappa shape index (κ1) is 15.8. The number of nitrogens with one attached hydrogen (secondary N) is 1. The highest BCUT2D eigenvalue weighted by molar-refractivity contribution is 7.09. The van der Waals surface area contributed by atoms with E-state index in [2.05, 4.69) is 35.6 Å². The lowest BCUT2D eigenvalue weighted by Gasteiger charge is -2.21. The Balaban J connectivity index is 2.41. The van der Waals surface area contributed by atoms with Gasteiger partial charge in [-0.15, -0.1) is 11.3 Å². The predicted molar refractivity (Wildman–Crippen MR) is 86.5 cm³/mol. The topological polar surface area (TPSA) is 43.4 Å². The van der Waals surface area contributed by atoms with Crippen LogP contribution in [0.3, 0.4) is 0 Å². The average Bonchev–Trinajstić information content (AvgIpc) is 2.90. The van der Waals surface area contributed by atoms with Crippen LogP contribution >= 0.6 is 11.3 Å². The molecular weight excluding hydrogens is 284 g/mol. The first-order valence-electron chi connectivity index (χ1n) is 6.95. The molecule has 5 heteroatoms. The molecule has 2 aromatic rings. The second-order valence-electron chi connectivity index (χ2n) is 5.20. The van der Waals surface area contributed by atoms with Gasteiger partial charge in [0.05, 0.1) is 20.3 Å². The van der Waals surface area contributed by atoms with Crippen molar-refractivity contribution < 1.29 is 9.47 Å². The highest BCUT2D eigenvalue weighted by Gasteiger charge is 2.20. The van der Waals surface area contributed by atoms with Crippen molar-refractivity contribution in [1.82, 2.24) is 10.3 Å². The van der Waals surface area contributed by atoms with Gasteiger partial charge in [-0.1, -0.05) is 6.07 Å². The number of hydrogen-bond donors (Lipinski definition) is 1. The molecule has 1 heterocycles. The molecule has 4 nitrogen and oxygen atoms in total. The molecule has 1 N–H and O–H groups in total. The third-order valence-corrected chi connectivity index (χ3v) is 4.15. The summed E-state index contributed by atoms with van der Waals surface area (Å²) < 4.78 is 10.7. The van der Waals surface area contributed by atoms with Gasteiger partial charge in [0, 0.05) is 17.1 Å². The van der Waals surface area contributed by atoms with Crippen molar-refractivity contribution in [3.8, 4) is 11.5 Å². The van der Waals surface area contributed by atoms with Crippen molar-refractivity contribution in [2.24, 2.45) is 0 Å². The first-order chi connectivity index (χ1) is 10.0. The summed E-state index contributed by atoms with van der Waals surface area (Å²) in [4.78, 5) is 4.62. The van der Waals surface area contributed by atoms with Gasteiger partial charge in [0.15, 0.2) is 11.5 Å². The Morgan fingerprint density at radius 3 is 2.38 bits per heavy atom. The monoisotopic (exact) mass is 306 g/mol. The third kappa shape index (κ3) is 3.74. The highest BCUT2D eigenvalue weighted by Crippen LogP contribution is 2.33. The summed E-state index contributed by atoms with van der Waals surface area (Å²) in [6.07, 6.45) is 0. The molecule has 0 spiro atoms. The standard InChI is InChI=1S/C16H22N2O2S/c1-10(2)17-15(16-18-11(3)9-21-16)12-6-7-13(19-4)14(8-12)20-5/h6-10,15,17H,1-5H3. The first-order valence-corrected chi connectivity index (χ1v) is 7.83. The van der Waals surface area contributed by atoms with E-state index in [9.17, 15) is 0 Å². The van der Waals surface area contributed by atoms with Crippen molar-refractivity contribution in [3.05, 3.63) is 39.8 Å². The molecule has 0 aliphatic carbocycles. The molecule has 1 unspecified atom stereocenters. The Hall–Kier alpha value is -1.59. The van der Waals surface area contributed by atoms with Gasteiger partial charge in [0.25, 0.3) is 0 Å². The molecule has 0 amide bonds. The molecule has 1 atom stereocenters. The van der Waals surface area contributed by atoms with Crippen molar-refractivity contribution in [1.29, 1.82) is 0 Å². The van der Waals surface area contributed by atoms with Crippen LogP contribution in [-0.2, 0) is 0 Å². The molecule has 0 aliphatic rings. The van der Waals surface area contributed by atoms with Gasteiger partial charge in [-0.05, 0) is 38.5 Å². The molecule has 0 fully saturated rings. The second kappa shape index (κ2) is 6.91. The summed E-state index contributed by atoms with van der Waals surface area (Å²) in [5.74, 6) is 1.47. The van der Waals surface area contributed by atoms with Crippen LogP contribution in [0.5, 0.6) is 11.5 Å². The Morgan fingerprint density at radius 2 is 1.86 bits per heavy atom. The molecule has 2 rings (SSSR count). The van der Waals surface area contributed by atoms with Gasteiger partial charge < -0.3 is 14.8 Å². The minimum Gasteiger partial charge on any atom is -0.493 e. The van der Waals surface area contributed by atoms with E-state index in [-0.39, 0.29) is 6.04 Å². The van der Waals surface area contributed by atoms with Gasteiger partial charge in [-0.2, -0.15) is 0 Å². The summed E-state index contributed by atoms with van der Waals surface area (Å²) in [5.41, 5.74) is 2.17. The maximum absolute atomic E-state index is 5.40. The lowest BCUT2D eigenvalue weighted by Crippen LogP contribution is -2.29. The van der Waals surface area contributed by atoms with E-state index >= 15 is 0 Å². The molecule has 0 saturated carbocycles. The minimum absolute atomic E-state index is 0.0588. The summed E-state index contributed by atoms with van der Waals surface area (Å²) in [7, 11) is 3.30. The van der Waals surface area contributed by atoms with Crippen LogP contribution in [-0.4, -0.2) is 25.2 Å². The lowest BCUT2D eigenvalue weighted by molar-refractivity contribution is 0.354. The Labute approximate surface area is 130 Å². The molecule has 0 radical (unpaired) electrons. The van der Waals surface area contributed by atoms with E-state index in [0.29, 0.717) is 6.04 Å². The van der Waals surface area contributed by atoms with Crippen LogP contribution in [0.15, 0.2) is 23.6 Å². The van der Waals surface area contributed by atoms with E-state index in [1.165, 1.54) is 0 Å². The van der Waals surface area contributed by atoms with Crippen molar-refractivity contribution in [2.75, 3.05) is 14.2 Å². The molecular formula is C16H22N2O2S. The summed E-state index contributed by atoms with van der Waals surface area (Å²) in [6.45, 7) is 6.28. The van der Waals surface area contributed by atoms with Crippen LogP contribution in [0.1, 0.15) is 36.2 Å². The van der Waals surface area contributed by atoms with Gasteiger partial charge in [0.1, 0.15) is 5.01 Å². The van der Waals surface area contributed by atoms with Crippen molar-refractivity contribution in [2.45, 2.75) is 32.9 Å². The average molecular weight is 306 g/mol. The van der Waals surface area contributed by atoms with Crippen LogP contribution in [0.2, 0.25) is 0 Å². The number of benzene rings is 1. The van der Waals surface area contributed by atoms with Gasteiger partial charge >= 0.3 is 0 Å². The molecule has 0 aliphatic heterocycles. The summed E-state index contributed by atoms with van der Waals surface area (Å²) in [6, 6.07) is 6.41. The maximum atomic E-state index is 5.40. The third-order valence-electron chi connectivity index (χ3n) is 3.12. The maximum Gasteiger partial charge on any atom is 0.161 e. The number of thiazole rings is 1. The highest BCUT2D eigenvalue weighted by atomic mass is 32.1.